The zero-order valence-corrected chi connectivity index (χ0v) is 19.0. The van der Waals surface area contributed by atoms with Gasteiger partial charge in [-0.15, -0.1) is 0 Å². The summed E-state index contributed by atoms with van der Waals surface area (Å²) in [4.78, 5) is 26.8. The first kappa shape index (κ1) is 24.7. The quantitative estimate of drug-likeness (QED) is 0.258. The number of benzene rings is 1. The molecule has 1 fully saturated rings. The Balaban J connectivity index is 2.05. The number of ether oxygens (including phenoxy) is 2. The maximum Gasteiger partial charge on any atom is 0.377 e. The minimum atomic E-state index is -2.52. The van der Waals surface area contributed by atoms with Crippen LogP contribution < -0.4 is 10.1 Å². The molecule has 2 aromatic rings. The second kappa shape index (κ2) is 9.51. The van der Waals surface area contributed by atoms with Crippen molar-refractivity contribution in [1.82, 2.24) is 10.3 Å². The number of hydrogen-bond acceptors (Lipinski definition) is 8. The Kier molecular flexibility index (Phi) is 7.34. The van der Waals surface area contributed by atoms with E-state index < -0.39 is 61.1 Å². The third-order valence-corrected chi connectivity index (χ3v) is 6.44. The average molecular weight is 538 g/mol. The first-order valence-corrected chi connectivity index (χ1v) is 10.6. The van der Waals surface area contributed by atoms with Crippen molar-refractivity contribution in [3.8, 4) is 5.75 Å². The number of aliphatic carboxylic acids is 1. The number of halogens is 2. The van der Waals surface area contributed by atoms with Crippen LogP contribution >= 0.6 is 27.5 Å². The molecule has 0 aliphatic carbocycles. The molecule has 11 nitrogen and oxygen atoms in total. The molecule has 1 aliphatic rings. The zero-order chi connectivity index (χ0) is 23.8. The highest BCUT2D eigenvalue weighted by molar-refractivity contribution is 9.10. The number of fused-ring (bicyclic) bond motifs is 1. The number of carboxylic acid groups (broad SMARTS) is 1. The average Bonchev–Trinajstić information content (AvgIpc) is 3.14. The van der Waals surface area contributed by atoms with Gasteiger partial charge in [0.15, 0.2) is 5.75 Å². The maximum absolute atomic E-state index is 12.3. The molecule has 176 valence electrons. The number of carbonyl (C=O) groups is 2. The standard InChI is InChI=1S/C19H22BrClN2O9/c1-7(25)23-15-10(26)4-19(18(29)30,32-17(15)16(28)11(27)6-24)31-12-5-22-9-3-2-8(20)14(21)13(9)12/h2-3,5,10-11,15-17,22,24,26-28H,4,6H2,1H3,(H,23,25)(H,29,30)/t10-,11-,15-,16+,17+,19-/m1/s1. The number of amides is 1. The predicted octanol–water partition coefficient (Wildman–Crippen LogP) is 0.112. The van der Waals surface area contributed by atoms with E-state index in [0.717, 1.165) is 6.92 Å². The number of carbonyl (C=O) groups excluding carboxylic acids is 1. The summed E-state index contributed by atoms with van der Waals surface area (Å²) in [6.07, 6.45) is -6.09. The van der Waals surface area contributed by atoms with Crippen LogP contribution in [0.1, 0.15) is 13.3 Å². The second-order valence-corrected chi connectivity index (χ2v) is 8.65. The molecule has 0 bridgehead atoms. The lowest BCUT2D eigenvalue weighted by molar-refractivity contribution is -0.284. The first-order chi connectivity index (χ1) is 15.0. The molecule has 0 saturated carbocycles. The molecule has 3 rings (SSSR count). The van der Waals surface area contributed by atoms with Crippen molar-refractivity contribution in [3.05, 3.63) is 27.8 Å². The van der Waals surface area contributed by atoms with E-state index in [-0.39, 0.29) is 10.8 Å². The van der Waals surface area contributed by atoms with Gasteiger partial charge in [0.2, 0.25) is 5.91 Å². The van der Waals surface area contributed by atoms with E-state index in [0.29, 0.717) is 15.4 Å². The van der Waals surface area contributed by atoms with Gasteiger partial charge < -0.3 is 45.3 Å². The first-order valence-electron chi connectivity index (χ1n) is 9.48. The number of aliphatic hydroxyl groups excluding tert-OH is 4. The van der Waals surface area contributed by atoms with Crippen molar-refractivity contribution in [2.45, 2.75) is 49.6 Å². The van der Waals surface area contributed by atoms with Gasteiger partial charge in [-0.3, -0.25) is 4.79 Å². The van der Waals surface area contributed by atoms with E-state index in [1.807, 2.05) is 0 Å². The Bertz CT molecular complexity index is 1020. The molecular weight excluding hydrogens is 516 g/mol. The maximum atomic E-state index is 12.3. The molecule has 32 heavy (non-hydrogen) atoms. The van der Waals surface area contributed by atoms with Crippen LogP contribution in [0, 0.1) is 0 Å². The number of nitrogens with one attached hydrogen (secondary N) is 2. The van der Waals surface area contributed by atoms with Gasteiger partial charge in [0.1, 0.15) is 18.3 Å². The number of aromatic nitrogens is 1. The zero-order valence-electron chi connectivity index (χ0n) is 16.7. The lowest BCUT2D eigenvalue weighted by atomic mass is 9.88. The number of H-pyrrole nitrogens is 1. The van der Waals surface area contributed by atoms with Gasteiger partial charge in [0.05, 0.1) is 41.1 Å². The minimum Gasteiger partial charge on any atom is -0.476 e. The fourth-order valence-corrected chi connectivity index (χ4v) is 4.21. The molecule has 1 amide bonds. The Labute approximate surface area is 195 Å². The third-order valence-electron chi connectivity index (χ3n) is 5.16. The highest BCUT2D eigenvalue weighted by Gasteiger charge is 2.57. The van der Waals surface area contributed by atoms with Crippen LogP contribution in [0.5, 0.6) is 5.75 Å². The normalized spacial score (nSPS) is 27.7. The summed E-state index contributed by atoms with van der Waals surface area (Å²) in [5, 5.41) is 53.2. The number of aromatic amines is 1. The monoisotopic (exact) mass is 536 g/mol. The topological polar surface area (TPSA) is 182 Å². The minimum absolute atomic E-state index is 0.00479. The predicted molar refractivity (Wildman–Crippen MR) is 114 cm³/mol. The van der Waals surface area contributed by atoms with Crippen LogP contribution in [0.15, 0.2) is 22.8 Å². The van der Waals surface area contributed by atoms with Crippen molar-refractivity contribution in [1.29, 1.82) is 0 Å². The van der Waals surface area contributed by atoms with Crippen LogP contribution in [-0.2, 0) is 14.3 Å². The molecule has 1 aromatic heterocycles. The van der Waals surface area contributed by atoms with Crippen LogP contribution in [-0.4, -0.2) is 85.2 Å². The second-order valence-electron chi connectivity index (χ2n) is 7.42. The van der Waals surface area contributed by atoms with Crippen molar-refractivity contribution in [3.63, 3.8) is 0 Å². The van der Waals surface area contributed by atoms with Crippen LogP contribution in [0.25, 0.3) is 10.9 Å². The molecule has 0 spiro atoms. The summed E-state index contributed by atoms with van der Waals surface area (Å²) < 4.78 is 11.9. The number of hydrogen-bond donors (Lipinski definition) is 7. The van der Waals surface area contributed by atoms with Crippen molar-refractivity contribution < 1.29 is 44.6 Å². The summed E-state index contributed by atoms with van der Waals surface area (Å²) in [5.74, 6) is -4.75. The largest absolute Gasteiger partial charge is 0.476 e. The van der Waals surface area contributed by atoms with Crippen molar-refractivity contribution in [2.75, 3.05) is 6.61 Å². The molecule has 1 aromatic carbocycles. The van der Waals surface area contributed by atoms with Crippen LogP contribution in [0.3, 0.4) is 0 Å². The summed E-state index contributed by atoms with van der Waals surface area (Å²) >= 11 is 9.61. The SMILES string of the molecule is CC(=O)N[C@H]1[C@@H]([C@@H](O)[C@H](O)CO)O[C@@](Oc2c[nH]c3ccc(Br)c(Cl)c23)(C(=O)O)C[C@H]1O. The Morgan fingerprint density at radius 1 is 1.44 bits per heavy atom. The lowest BCUT2D eigenvalue weighted by Gasteiger charge is -2.46. The molecular formula is C19H22BrClN2O9. The van der Waals surface area contributed by atoms with Gasteiger partial charge in [0, 0.05) is 17.6 Å². The van der Waals surface area contributed by atoms with E-state index in [1.165, 1.54) is 6.20 Å². The highest BCUT2D eigenvalue weighted by Crippen LogP contribution is 2.41. The summed E-state index contributed by atoms with van der Waals surface area (Å²) in [6, 6.07) is 2.07. The fraction of sp³-hybridized carbons (Fsp3) is 0.474. The smallest absolute Gasteiger partial charge is 0.377 e. The Hall–Kier alpha value is -1.93. The highest BCUT2D eigenvalue weighted by atomic mass is 79.9. The Morgan fingerprint density at radius 3 is 2.72 bits per heavy atom. The molecule has 6 atom stereocenters. The summed E-state index contributed by atoms with van der Waals surface area (Å²) in [7, 11) is 0. The van der Waals surface area contributed by atoms with Gasteiger partial charge in [-0.1, -0.05) is 11.6 Å². The molecule has 1 aliphatic heterocycles. The number of rotatable bonds is 7. The summed E-state index contributed by atoms with van der Waals surface area (Å²) in [6.45, 7) is 0.275. The van der Waals surface area contributed by atoms with Gasteiger partial charge in [0.25, 0.3) is 0 Å². The van der Waals surface area contributed by atoms with E-state index >= 15 is 0 Å². The lowest BCUT2D eigenvalue weighted by Crippen LogP contribution is -2.68. The van der Waals surface area contributed by atoms with Crippen LogP contribution in [0.4, 0.5) is 0 Å². The van der Waals surface area contributed by atoms with E-state index in [2.05, 4.69) is 26.2 Å². The molecule has 7 N–H and O–H groups in total. The Morgan fingerprint density at radius 2 is 2.12 bits per heavy atom. The van der Waals surface area contributed by atoms with Gasteiger partial charge in [-0.05, 0) is 28.1 Å². The van der Waals surface area contributed by atoms with E-state index in [1.54, 1.807) is 12.1 Å². The van der Waals surface area contributed by atoms with Gasteiger partial charge in [-0.2, -0.15) is 0 Å². The summed E-state index contributed by atoms with van der Waals surface area (Å²) in [5.41, 5.74) is 0.536. The number of aliphatic hydroxyl groups is 4. The third kappa shape index (κ3) is 4.57. The molecule has 13 heteroatoms. The van der Waals surface area contributed by atoms with Crippen molar-refractivity contribution >= 4 is 50.3 Å². The molecule has 0 unspecified atom stereocenters. The van der Waals surface area contributed by atoms with Crippen molar-refractivity contribution in [2.24, 2.45) is 0 Å². The van der Waals surface area contributed by atoms with Gasteiger partial charge >= 0.3 is 11.8 Å². The van der Waals surface area contributed by atoms with Crippen LogP contribution in [0.2, 0.25) is 5.02 Å². The van der Waals surface area contributed by atoms with E-state index in [4.69, 9.17) is 21.1 Å². The molecule has 1 saturated heterocycles. The fourth-order valence-electron chi connectivity index (χ4n) is 3.62. The van der Waals surface area contributed by atoms with Gasteiger partial charge in [-0.25, -0.2) is 4.79 Å². The number of carboxylic acids is 1. The van der Waals surface area contributed by atoms with E-state index in [9.17, 15) is 35.1 Å². The molecule has 2 heterocycles. The molecule has 0 radical (unpaired) electrons.